The molecule has 1 aromatic heterocycles. The molecular weight excluding hydrogens is 530 g/mol. The first-order chi connectivity index (χ1) is 21.8. The fraction of sp³-hybridized carbons (Fsp3) is 0.0233. The number of rotatable bonds is 4. The number of hydrogen-bond acceptors (Lipinski definition) is 0. The number of nitrogens with zero attached hydrogens (tertiary/aromatic N) is 1. The summed E-state index contributed by atoms with van der Waals surface area (Å²) >= 11 is 0. The summed E-state index contributed by atoms with van der Waals surface area (Å²) in [6.45, 7) is 0. The highest BCUT2D eigenvalue weighted by atomic mass is 15.0. The predicted molar refractivity (Wildman–Crippen MR) is 184 cm³/mol. The van der Waals surface area contributed by atoms with Gasteiger partial charge < -0.3 is 4.57 Å². The van der Waals surface area contributed by atoms with E-state index in [0.29, 0.717) is 0 Å². The molecule has 0 saturated carbocycles. The Hall–Kier alpha value is -5.66. The van der Waals surface area contributed by atoms with Crippen molar-refractivity contribution in [1.82, 2.24) is 4.57 Å². The van der Waals surface area contributed by atoms with Gasteiger partial charge in [-0.2, -0.15) is 0 Å². The molecule has 1 heterocycles. The zero-order valence-electron chi connectivity index (χ0n) is 24.2. The molecule has 0 amide bonds. The van der Waals surface area contributed by atoms with Crippen molar-refractivity contribution < 1.29 is 0 Å². The molecule has 1 unspecified atom stereocenters. The van der Waals surface area contributed by atoms with Crippen molar-refractivity contribution in [1.29, 1.82) is 0 Å². The molecule has 9 rings (SSSR count). The van der Waals surface area contributed by atoms with Crippen LogP contribution in [-0.4, -0.2) is 4.57 Å². The van der Waals surface area contributed by atoms with E-state index in [1.165, 1.54) is 77.6 Å². The summed E-state index contributed by atoms with van der Waals surface area (Å²) < 4.78 is 2.44. The molecule has 0 spiro atoms. The van der Waals surface area contributed by atoms with Gasteiger partial charge in [-0.3, -0.25) is 0 Å². The first-order valence-corrected chi connectivity index (χ1v) is 15.3. The maximum absolute atomic E-state index is 2.46. The molecule has 0 fully saturated rings. The van der Waals surface area contributed by atoms with Crippen LogP contribution in [0.2, 0.25) is 0 Å². The van der Waals surface area contributed by atoms with Crippen LogP contribution in [0.15, 0.2) is 170 Å². The SMILES string of the molecule is c1ccc(-c2ccc(C3c4ccccc4-c4cc5c6ccccc6n(-c6ccc(-c7ccccc7)cc6)c5cc43)cc2)cc1. The minimum Gasteiger partial charge on any atom is -0.309 e. The Morgan fingerprint density at radius 2 is 0.932 bits per heavy atom. The molecular formula is C43H29N. The summed E-state index contributed by atoms with van der Waals surface area (Å²) in [5.41, 5.74) is 15.4. The zero-order chi connectivity index (χ0) is 29.0. The molecule has 1 aliphatic rings. The molecule has 0 aliphatic heterocycles. The Labute approximate surface area is 257 Å². The first-order valence-electron chi connectivity index (χ1n) is 15.3. The van der Waals surface area contributed by atoms with Crippen LogP contribution in [0, 0.1) is 0 Å². The lowest BCUT2D eigenvalue weighted by Gasteiger charge is -2.16. The van der Waals surface area contributed by atoms with E-state index in [4.69, 9.17) is 0 Å². The van der Waals surface area contributed by atoms with Gasteiger partial charge in [0.2, 0.25) is 0 Å². The normalized spacial score (nSPS) is 13.7. The highest BCUT2D eigenvalue weighted by Crippen LogP contribution is 2.50. The topological polar surface area (TPSA) is 4.93 Å². The second kappa shape index (κ2) is 9.97. The van der Waals surface area contributed by atoms with E-state index >= 15 is 0 Å². The Balaban J connectivity index is 1.23. The lowest BCUT2D eigenvalue weighted by molar-refractivity contribution is 1.01. The van der Waals surface area contributed by atoms with Gasteiger partial charge in [0, 0.05) is 22.4 Å². The summed E-state index contributed by atoms with van der Waals surface area (Å²) in [4.78, 5) is 0. The lowest BCUT2D eigenvalue weighted by atomic mass is 9.88. The summed E-state index contributed by atoms with van der Waals surface area (Å²) in [6, 6.07) is 62.1. The minimum atomic E-state index is 0.183. The van der Waals surface area contributed by atoms with Crippen LogP contribution in [0.1, 0.15) is 22.6 Å². The molecule has 0 bridgehead atoms. The van der Waals surface area contributed by atoms with Crippen LogP contribution < -0.4 is 0 Å². The minimum absolute atomic E-state index is 0.183. The molecule has 1 aliphatic carbocycles. The van der Waals surface area contributed by atoms with Crippen molar-refractivity contribution in [3.05, 3.63) is 187 Å². The van der Waals surface area contributed by atoms with Crippen molar-refractivity contribution in [2.45, 2.75) is 5.92 Å². The van der Waals surface area contributed by atoms with E-state index in [-0.39, 0.29) is 5.92 Å². The van der Waals surface area contributed by atoms with Crippen molar-refractivity contribution in [2.75, 3.05) is 0 Å². The van der Waals surface area contributed by atoms with E-state index < -0.39 is 0 Å². The Morgan fingerprint density at radius 3 is 1.64 bits per heavy atom. The van der Waals surface area contributed by atoms with Crippen LogP contribution >= 0.6 is 0 Å². The molecule has 1 heteroatoms. The third-order valence-electron chi connectivity index (χ3n) is 9.30. The third-order valence-corrected chi connectivity index (χ3v) is 9.30. The van der Waals surface area contributed by atoms with E-state index in [1.807, 2.05) is 0 Å². The molecule has 206 valence electrons. The van der Waals surface area contributed by atoms with Gasteiger partial charge in [-0.05, 0) is 80.4 Å². The molecule has 7 aromatic carbocycles. The van der Waals surface area contributed by atoms with Gasteiger partial charge in [-0.15, -0.1) is 0 Å². The maximum atomic E-state index is 2.46. The van der Waals surface area contributed by atoms with Crippen LogP contribution in [-0.2, 0) is 0 Å². The number of hydrogen-bond donors (Lipinski definition) is 0. The maximum Gasteiger partial charge on any atom is 0.0544 e. The van der Waals surface area contributed by atoms with Crippen LogP contribution in [0.25, 0.3) is 60.9 Å². The standard InChI is InChI=1S/C43H29N/c1-3-11-29(12-4-1)31-19-21-33(22-20-31)43-37-17-8-7-15-35(37)38-27-39-36-16-9-10-18-41(36)44(42(39)28-40(38)43)34-25-23-32(24-26-34)30-13-5-2-6-14-30/h1-28,43H. The Morgan fingerprint density at radius 1 is 0.364 bits per heavy atom. The summed E-state index contributed by atoms with van der Waals surface area (Å²) in [6.07, 6.45) is 0. The highest BCUT2D eigenvalue weighted by Gasteiger charge is 2.31. The Bertz CT molecular complexity index is 2290. The van der Waals surface area contributed by atoms with Crippen molar-refractivity contribution >= 4 is 21.8 Å². The van der Waals surface area contributed by atoms with Gasteiger partial charge in [0.05, 0.1) is 11.0 Å². The average molecular weight is 560 g/mol. The quantitative estimate of drug-likeness (QED) is 0.202. The van der Waals surface area contributed by atoms with E-state index in [2.05, 4.69) is 174 Å². The monoisotopic (exact) mass is 559 g/mol. The van der Waals surface area contributed by atoms with Gasteiger partial charge in [-0.1, -0.05) is 140 Å². The fourth-order valence-corrected chi connectivity index (χ4v) is 7.23. The van der Waals surface area contributed by atoms with Crippen LogP contribution in [0.5, 0.6) is 0 Å². The van der Waals surface area contributed by atoms with Crippen molar-refractivity contribution in [2.24, 2.45) is 0 Å². The number of aromatic nitrogens is 1. The zero-order valence-corrected chi connectivity index (χ0v) is 24.2. The van der Waals surface area contributed by atoms with Crippen molar-refractivity contribution in [3.8, 4) is 39.1 Å². The summed E-state index contributed by atoms with van der Waals surface area (Å²) in [7, 11) is 0. The van der Waals surface area contributed by atoms with E-state index in [0.717, 1.165) is 0 Å². The smallest absolute Gasteiger partial charge is 0.0544 e. The second-order valence-electron chi connectivity index (χ2n) is 11.7. The second-order valence-corrected chi connectivity index (χ2v) is 11.7. The van der Waals surface area contributed by atoms with E-state index in [9.17, 15) is 0 Å². The highest BCUT2D eigenvalue weighted by molar-refractivity contribution is 6.11. The first kappa shape index (κ1) is 24.9. The van der Waals surface area contributed by atoms with E-state index in [1.54, 1.807) is 0 Å². The van der Waals surface area contributed by atoms with Crippen LogP contribution in [0.3, 0.4) is 0 Å². The van der Waals surface area contributed by atoms with Gasteiger partial charge in [-0.25, -0.2) is 0 Å². The van der Waals surface area contributed by atoms with Gasteiger partial charge in [0.1, 0.15) is 0 Å². The lowest BCUT2D eigenvalue weighted by Crippen LogP contribution is -2.00. The van der Waals surface area contributed by atoms with Crippen LogP contribution in [0.4, 0.5) is 0 Å². The molecule has 0 N–H and O–H groups in total. The molecule has 0 radical (unpaired) electrons. The third kappa shape index (κ3) is 3.87. The average Bonchev–Trinajstić information content (AvgIpc) is 3.60. The summed E-state index contributed by atoms with van der Waals surface area (Å²) in [5.74, 6) is 0.183. The van der Waals surface area contributed by atoms with Crippen molar-refractivity contribution in [3.63, 3.8) is 0 Å². The summed E-state index contributed by atoms with van der Waals surface area (Å²) in [5, 5.41) is 2.58. The molecule has 44 heavy (non-hydrogen) atoms. The molecule has 0 saturated heterocycles. The van der Waals surface area contributed by atoms with Gasteiger partial charge >= 0.3 is 0 Å². The molecule has 1 atom stereocenters. The fourth-order valence-electron chi connectivity index (χ4n) is 7.23. The number of para-hydroxylation sites is 1. The number of fused-ring (bicyclic) bond motifs is 6. The van der Waals surface area contributed by atoms with Gasteiger partial charge in [0.25, 0.3) is 0 Å². The predicted octanol–water partition coefficient (Wildman–Crippen LogP) is 11.3. The molecule has 8 aromatic rings. The molecule has 1 nitrogen and oxygen atoms in total. The van der Waals surface area contributed by atoms with Gasteiger partial charge in [0.15, 0.2) is 0 Å². The number of benzene rings is 7. The Kier molecular flexibility index (Phi) is 5.64. The largest absolute Gasteiger partial charge is 0.309 e.